The number of nitrogens with zero attached hydrogens (tertiary/aromatic N) is 3. The lowest BCUT2D eigenvalue weighted by Gasteiger charge is -2.18. The molecular weight excluding hydrogens is 260 g/mol. The molecule has 5 nitrogen and oxygen atoms in total. The molecule has 1 atom stereocenters. The lowest BCUT2D eigenvalue weighted by molar-refractivity contribution is -0.120. The van der Waals surface area contributed by atoms with E-state index in [0.29, 0.717) is 6.54 Å². The summed E-state index contributed by atoms with van der Waals surface area (Å²) in [5.41, 5.74) is 0. The number of aromatic nitrogens is 2. The largest absolute Gasteiger partial charge is 0.354 e. The van der Waals surface area contributed by atoms with E-state index in [1.165, 1.54) is 11.8 Å². The number of hydrogen-bond acceptors (Lipinski definition) is 4. The topological polar surface area (TPSA) is 50.2 Å². The molecule has 19 heavy (non-hydrogen) atoms. The van der Waals surface area contributed by atoms with Crippen molar-refractivity contribution in [3.63, 3.8) is 0 Å². The first-order chi connectivity index (χ1) is 9.08. The van der Waals surface area contributed by atoms with Crippen molar-refractivity contribution in [1.82, 2.24) is 19.8 Å². The van der Waals surface area contributed by atoms with Crippen LogP contribution in [-0.2, 0) is 11.8 Å². The molecule has 0 aliphatic heterocycles. The minimum Gasteiger partial charge on any atom is -0.354 e. The minimum absolute atomic E-state index is 0.0696. The summed E-state index contributed by atoms with van der Waals surface area (Å²) in [4.78, 5) is 18.5. The molecule has 0 aromatic carbocycles. The third kappa shape index (κ3) is 5.24. The van der Waals surface area contributed by atoms with Crippen LogP contribution >= 0.6 is 11.8 Å². The Morgan fingerprint density at radius 3 is 2.74 bits per heavy atom. The Bertz CT molecular complexity index is 390. The van der Waals surface area contributed by atoms with E-state index < -0.39 is 0 Å². The quantitative estimate of drug-likeness (QED) is 0.732. The van der Waals surface area contributed by atoms with Crippen LogP contribution in [0.5, 0.6) is 0 Å². The summed E-state index contributed by atoms with van der Waals surface area (Å²) >= 11 is 1.48. The second kappa shape index (κ2) is 8.22. The van der Waals surface area contributed by atoms with Crippen molar-refractivity contribution in [3.05, 3.63) is 12.4 Å². The molecule has 1 aromatic heterocycles. The molecule has 0 spiro atoms. The van der Waals surface area contributed by atoms with Crippen LogP contribution in [0.25, 0.3) is 0 Å². The second-order valence-electron chi connectivity index (χ2n) is 4.40. The summed E-state index contributed by atoms with van der Waals surface area (Å²) in [6, 6.07) is 0. The first kappa shape index (κ1) is 16.0. The predicted octanol–water partition coefficient (Wildman–Crippen LogP) is 1.36. The highest BCUT2D eigenvalue weighted by Gasteiger charge is 2.16. The zero-order valence-electron chi connectivity index (χ0n) is 12.2. The first-order valence-electron chi connectivity index (χ1n) is 6.72. The van der Waals surface area contributed by atoms with Gasteiger partial charge in [-0.15, -0.1) is 0 Å². The molecule has 1 amide bonds. The fourth-order valence-corrected chi connectivity index (χ4v) is 2.55. The van der Waals surface area contributed by atoms with Crippen LogP contribution in [-0.4, -0.2) is 51.8 Å². The zero-order chi connectivity index (χ0) is 14.3. The molecular formula is C13H24N4OS. The van der Waals surface area contributed by atoms with Crippen LogP contribution < -0.4 is 5.32 Å². The Balaban J connectivity index is 2.31. The van der Waals surface area contributed by atoms with Gasteiger partial charge in [-0.3, -0.25) is 4.79 Å². The van der Waals surface area contributed by atoms with Crippen molar-refractivity contribution < 1.29 is 4.79 Å². The van der Waals surface area contributed by atoms with E-state index in [0.717, 1.165) is 24.8 Å². The van der Waals surface area contributed by atoms with Gasteiger partial charge in [0.05, 0.1) is 5.25 Å². The van der Waals surface area contributed by atoms with E-state index in [9.17, 15) is 4.79 Å². The van der Waals surface area contributed by atoms with Crippen LogP contribution in [0.2, 0.25) is 0 Å². The molecule has 1 unspecified atom stereocenters. The monoisotopic (exact) mass is 284 g/mol. The number of hydrogen-bond donors (Lipinski definition) is 1. The Hall–Kier alpha value is -1.01. The van der Waals surface area contributed by atoms with Crippen molar-refractivity contribution in [2.24, 2.45) is 7.05 Å². The molecule has 108 valence electrons. The van der Waals surface area contributed by atoms with Gasteiger partial charge < -0.3 is 14.8 Å². The lowest BCUT2D eigenvalue weighted by atomic mass is 10.4. The summed E-state index contributed by atoms with van der Waals surface area (Å²) in [7, 11) is 1.93. The maximum atomic E-state index is 12.0. The van der Waals surface area contributed by atoms with Crippen molar-refractivity contribution in [3.8, 4) is 0 Å². The van der Waals surface area contributed by atoms with Crippen molar-refractivity contribution in [2.45, 2.75) is 31.2 Å². The first-order valence-corrected chi connectivity index (χ1v) is 7.60. The number of likely N-dealkylation sites (N-methyl/N-ethyl adjacent to an activating group) is 1. The molecule has 0 radical (unpaired) electrons. The van der Waals surface area contributed by atoms with Crippen LogP contribution in [0.15, 0.2) is 17.6 Å². The van der Waals surface area contributed by atoms with Gasteiger partial charge in [-0.05, 0) is 20.0 Å². The van der Waals surface area contributed by atoms with E-state index in [1.807, 2.05) is 24.7 Å². The Morgan fingerprint density at radius 1 is 1.53 bits per heavy atom. The number of nitrogens with one attached hydrogen (secondary N) is 1. The lowest BCUT2D eigenvalue weighted by Crippen LogP contribution is -2.38. The van der Waals surface area contributed by atoms with Crippen LogP contribution in [0.4, 0.5) is 0 Å². The predicted molar refractivity (Wildman–Crippen MR) is 79.3 cm³/mol. The molecule has 0 bridgehead atoms. The highest BCUT2D eigenvalue weighted by molar-refractivity contribution is 8.00. The molecule has 1 rings (SSSR count). The van der Waals surface area contributed by atoms with Crippen LogP contribution in [0, 0.1) is 0 Å². The fourth-order valence-electron chi connectivity index (χ4n) is 1.70. The van der Waals surface area contributed by atoms with Gasteiger partial charge in [-0.2, -0.15) is 0 Å². The van der Waals surface area contributed by atoms with Gasteiger partial charge in [-0.1, -0.05) is 25.6 Å². The number of aryl methyl sites for hydroxylation is 1. The minimum atomic E-state index is -0.127. The third-order valence-corrected chi connectivity index (χ3v) is 4.22. The van der Waals surface area contributed by atoms with E-state index in [-0.39, 0.29) is 11.2 Å². The SMILES string of the molecule is CCN(CC)CCNC(=O)C(C)Sc1nccn1C. The number of imidazole rings is 1. The molecule has 6 heteroatoms. The molecule has 1 heterocycles. The summed E-state index contributed by atoms with van der Waals surface area (Å²) in [5.74, 6) is 0.0696. The molecule has 0 saturated heterocycles. The summed E-state index contributed by atoms with van der Waals surface area (Å²) in [5, 5.41) is 3.71. The smallest absolute Gasteiger partial charge is 0.233 e. The van der Waals surface area contributed by atoms with Crippen molar-refractivity contribution in [2.75, 3.05) is 26.2 Å². The average Bonchev–Trinajstić information content (AvgIpc) is 2.80. The van der Waals surface area contributed by atoms with E-state index >= 15 is 0 Å². The van der Waals surface area contributed by atoms with Crippen LogP contribution in [0.1, 0.15) is 20.8 Å². The number of rotatable bonds is 8. The van der Waals surface area contributed by atoms with E-state index in [1.54, 1.807) is 6.20 Å². The number of carbonyl (C=O) groups excluding carboxylic acids is 1. The van der Waals surface area contributed by atoms with Crippen molar-refractivity contribution >= 4 is 17.7 Å². The zero-order valence-corrected chi connectivity index (χ0v) is 13.0. The standard InChI is InChI=1S/C13H24N4OS/c1-5-17(6-2)10-8-14-12(18)11(3)19-13-15-7-9-16(13)4/h7,9,11H,5-6,8,10H2,1-4H3,(H,14,18). The Kier molecular flexibility index (Phi) is 6.94. The Labute approximate surface area is 119 Å². The second-order valence-corrected chi connectivity index (χ2v) is 5.71. The summed E-state index contributed by atoms with van der Waals surface area (Å²) in [6.45, 7) is 9.81. The van der Waals surface area contributed by atoms with Gasteiger partial charge in [0, 0.05) is 32.5 Å². The average molecular weight is 284 g/mol. The van der Waals surface area contributed by atoms with Gasteiger partial charge >= 0.3 is 0 Å². The van der Waals surface area contributed by atoms with Gasteiger partial charge in [0.2, 0.25) is 5.91 Å². The maximum Gasteiger partial charge on any atom is 0.233 e. The van der Waals surface area contributed by atoms with Crippen LogP contribution in [0.3, 0.4) is 0 Å². The number of amides is 1. The van der Waals surface area contributed by atoms with E-state index in [4.69, 9.17) is 0 Å². The third-order valence-electron chi connectivity index (χ3n) is 3.05. The summed E-state index contributed by atoms with van der Waals surface area (Å²) < 4.78 is 1.92. The number of thioether (sulfide) groups is 1. The molecule has 0 aliphatic carbocycles. The Morgan fingerprint density at radius 2 is 2.21 bits per heavy atom. The van der Waals surface area contributed by atoms with Crippen molar-refractivity contribution in [1.29, 1.82) is 0 Å². The van der Waals surface area contributed by atoms with E-state index in [2.05, 4.69) is 29.0 Å². The molecule has 0 saturated carbocycles. The van der Waals surface area contributed by atoms with Gasteiger partial charge in [0.1, 0.15) is 0 Å². The van der Waals surface area contributed by atoms with Gasteiger partial charge in [-0.25, -0.2) is 4.98 Å². The maximum absolute atomic E-state index is 12.0. The normalized spacial score (nSPS) is 12.7. The highest BCUT2D eigenvalue weighted by Crippen LogP contribution is 2.20. The molecule has 1 aromatic rings. The number of carbonyl (C=O) groups is 1. The van der Waals surface area contributed by atoms with Gasteiger partial charge in [0.15, 0.2) is 5.16 Å². The molecule has 0 aliphatic rings. The highest BCUT2D eigenvalue weighted by atomic mass is 32.2. The van der Waals surface area contributed by atoms with Gasteiger partial charge in [0.25, 0.3) is 0 Å². The fraction of sp³-hybridized carbons (Fsp3) is 0.692. The summed E-state index contributed by atoms with van der Waals surface area (Å²) in [6.07, 6.45) is 3.63. The molecule has 1 N–H and O–H groups in total. The molecule has 0 fully saturated rings.